The van der Waals surface area contributed by atoms with Gasteiger partial charge in [0.25, 0.3) is 0 Å². The number of piperidine rings is 1. The summed E-state index contributed by atoms with van der Waals surface area (Å²) in [6.07, 6.45) is 1.79. The molecule has 0 atom stereocenters. The molecule has 0 amide bonds. The van der Waals surface area contributed by atoms with Crippen LogP contribution < -0.4 is 5.32 Å². The minimum Gasteiger partial charge on any atom is -0.317 e. The molecule has 1 aromatic carbocycles. The van der Waals surface area contributed by atoms with Crippen LogP contribution in [0.15, 0.2) is 30.3 Å². The van der Waals surface area contributed by atoms with E-state index in [2.05, 4.69) is 5.32 Å². The minimum atomic E-state index is -3.16. The fourth-order valence-corrected chi connectivity index (χ4v) is 3.86. The number of nitrogens with zero attached hydrogens (tertiary/aromatic N) is 1. The zero-order valence-corrected chi connectivity index (χ0v) is 11.5. The fraction of sp³-hybridized carbons (Fsp3) is 0.538. The van der Waals surface area contributed by atoms with Crippen molar-refractivity contribution in [1.82, 2.24) is 9.62 Å². The molecule has 2 rings (SSSR count). The Morgan fingerprint density at radius 2 is 1.83 bits per heavy atom. The van der Waals surface area contributed by atoms with E-state index in [0.717, 1.165) is 18.4 Å². The van der Waals surface area contributed by atoms with Crippen LogP contribution in [-0.2, 0) is 15.8 Å². The van der Waals surface area contributed by atoms with E-state index >= 15 is 0 Å². The first-order chi connectivity index (χ1) is 8.62. The van der Waals surface area contributed by atoms with E-state index in [0.29, 0.717) is 19.1 Å². The normalized spacial score (nSPS) is 18.9. The molecule has 0 radical (unpaired) electrons. The van der Waals surface area contributed by atoms with E-state index in [-0.39, 0.29) is 5.75 Å². The number of sulfonamides is 1. The second-order valence-electron chi connectivity index (χ2n) is 4.70. The molecule has 1 aliphatic rings. The highest BCUT2D eigenvalue weighted by Gasteiger charge is 2.27. The number of hydrogen-bond donors (Lipinski definition) is 1. The molecule has 1 aliphatic heterocycles. The molecule has 1 saturated heterocycles. The van der Waals surface area contributed by atoms with Crippen LogP contribution >= 0.6 is 0 Å². The van der Waals surface area contributed by atoms with Crippen LogP contribution in [0.1, 0.15) is 18.4 Å². The van der Waals surface area contributed by atoms with Crippen molar-refractivity contribution in [3.05, 3.63) is 35.9 Å². The van der Waals surface area contributed by atoms with Gasteiger partial charge in [-0.15, -0.1) is 0 Å². The second-order valence-corrected chi connectivity index (χ2v) is 6.67. The standard InChI is InChI=1S/C13H20N2O2S/c1-14-13-7-9-15(10-8-13)18(16,17)11-12-5-3-2-4-6-12/h2-6,13-14H,7-11H2,1H3. The Balaban J connectivity index is 2.00. The van der Waals surface area contributed by atoms with Crippen molar-refractivity contribution in [2.45, 2.75) is 24.6 Å². The van der Waals surface area contributed by atoms with Gasteiger partial charge in [-0.2, -0.15) is 0 Å². The zero-order valence-electron chi connectivity index (χ0n) is 10.7. The van der Waals surface area contributed by atoms with Crippen molar-refractivity contribution >= 4 is 10.0 Å². The molecule has 4 nitrogen and oxygen atoms in total. The van der Waals surface area contributed by atoms with Gasteiger partial charge in [0.05, 0.1) is 5.75 Å². The van der Waals surface area contributed by atoms with Gasteiger partial charge in [0, 0.05) is 19.1 Å². The Labute approximate surface area is 109 Å². The van der Waals surface area contributed by atoms with Crippen molar-refractivity contribution < 1.29 is 8.42 Å². The Bertz CT molecular complexity index is 465. The summed E-state index contributed by atoms with van der Waals surface area (Å²) in [7, 11) is -1.23. The highest BCUT2D eigenvalue weighted by atomic mass is 32.2. The molecule has 0 spiro atoms. The SMILES string of the molecule is CNC1CCN(S(=O)(=O)Cc2ccccc2)CC1. The minimum absolute atomic E-state index is 0.109. The summed E-state index contributed by atoms with van der Waals surface area (Å²) in [6.45, 7) is 1.25. The second kappa shape index (κ2) is 5.82. The van der Waals surface area contributed by atoms with E-state index in [1.165, 1.54) is 0 Å². The van der Waals surface area contributed by atoms with Crippen LogP contribution in [-0.4, -0.2) is 38.9 Å². The molecule has 0 unspecified atom stereocenters. The van der Waals surface area contributed by atoms with E-state index in [9.17, 15) is 8.42 Å². The first-order valence-electron chi connectivity index (χ1n) is 6.31. The molecule has 0 aromatic heterocycles. The van der Waals surface area contributed by atoms with Gasteiger partial charge in [-0.05, 0) is 25.5 Å². The quantitative estimate of drug-likeness (QED) is 0.892. The van der Waals surface area contributed by atoms with Crippen LogP contribution in [0.2, 0.25) is 0 Å². The maximum absolute atomic E-state index is 12.3. The summed E-state index contributed by atoms with van der Waals surface area (Å²) in [5, 5.41) is 3.20. The lowest BCUT2D eigenvalue weighted by molar-refractivity contribution is 0.298. The van der Waals surface area contributed by atoms with Gasteiger partial charge in [-0.1, -0.05) is 30.3 Å². The largest absolute Gasteiger partial charge is 0.317 e. The maximum atomic E-state index is 12.3. The monoisotopic (exact) mass is 268 g/mol. The van der Waals surface area contributed by atoms with Gasteiger partial charge in [-0.3, -0.25) is 0 Å². The Morgan fingerprint density at radius 1 is 1.22 bits per heavy atom. The predicted octanol–water partition coefficient (Wildman–Crippen LogP) is 1.20. The van der Waals surface area contributed by atoms with Crippen molar-refractivity contribution in [3.63, 3.8) is 0 Å². The van der Waals surface area contributed by atoms with Crippen LogP contribution in [0.4, 0.5) is 0 Å². The molecule has 0 aliphatic carbocycles. The molecular formula is C13H20N2O2S. The molecule has 1 aromatic rings. The summed E-state index contributed by atoms with van der Waals surface area (Å²) in [5.41, 5.74) is 0.855. The van der Waals surface area contributed by atoms with E-state index in [4.69, 9.17) is 0 Å². The van der Waals surface area contributed by atoms with E-state index in [1.54, 1.807) is 4.31 Å². The first kappa shape index (κ1) is 13.5. The number of rotatable bonds is 4. The van der Waals surface area contributed by atoms with Gasteiger partial charge in [0.2, 0.25) is 10.0 Å². The summed E-state index contributed by atoms with van der Waals surface area (Å²) in [4.78, 5) is 0. The topological polar surface area (TPSA) is 49.4 Å². The lowest BCUT2D eigenvalue weighted by Crippen LogP contribution is -2.44. The third-order valence-corrected chi connectivity index (χ3v) is 5.30. The van der Waals surface area contributed by atoms with Crippen LogP contribution in [0.3, 0.4) is 0 Å². The molecule has 1 fully saturated rings. The average Bonchev–Trinajstić information content (AvgIpc) is 2.39. The Morgan fingerprint density at radius 3 is 2.39 bits per heavy atom. The molecule has 1 heterocycles. The summed E-state index contributed by atoms with van der Waals surface area (Å²) in [6, 6.07) is 9.81. The van der Waals surface area contributed by atoms with Gasteiger partial charge >= 0.3 is 0 Å². The average molecular weight is 268 g/mol. The maximum Gasteiger partial charge on any atom is 0.218 e. The lowest BCUT2D eigenvalue weighted by atomic mass is 10.1. The molecule has 100 valence electrons. The third kappa shape index (κ3) is 3.31. The number of benzene rings is 1. The van der Waals surface area contributed by atoms with Crippen molar-refractivity contribution in [2.75, 3.05) is 20.1 Å². The van der Waals surface area contributed by atoms with Crippen molar-refractivity contribution in [1.29, 1.82) is 0 Å². The third-order valence-electron chi connectivity index (χ3n) is 3.45. The lowest BCUT2D eigenvalue weighted by Gasteiger charge is -2.31. The first-order valence-corrected chi connectivity index (χ1v) is 7.92. The zero-order chi connectivity index (χ0) is 13.0. The Hall–Kier alpha value is -0.910. The van der Waals surface area contributed by atoms with Crippen molar-refractivity contribution in [3.8, 4) is 0 Å². The van der Waals surface area contributed by atoms with E-state index < -0.39 is 10.0 Å². The predicted molar refractivity (Wildman–Crippen MR) is 72.7 cm³/mol. The Kier molecular flexibility index (Phi) is 4.37. The molecule has 1 N–H and O–H groups in total. The summed E-state index contributed by atoms with van der Waals surface area (Å²) < 4.78 is 26.1. The summed E-state index contributed by atoms with van der Waals surface area (Å²) >= 11 is 0. The fourth-order valence-electron chi connectivity index (χ4n) is 2.30. The van der Waals surface area contributed by atoms with Crippen LogP contribution in [0.5, 0.6) is 0 Å². The number of hydrogen-bond acceptors (Lipinski definition) is 3. The summed E-state index contributed by atoms with van der Waals surface area (Å²) in [5.74, 6) is 0.109. The van der Waals surface area contributed by atoms with Gasteiger partial charge in [-0.25, -0.2) is 12.7 Å². The smallest absolute Gasteiger partial charge is 0.218 e. The highest BCUT2D eigenvalue weighted by Crippen LogP contribution is 2.17. The van der Waals surface area contributed by atoms with Gasteiger partial charge in [0.15, 0.2) is 0 Å². The molecule has 5 heteroatoms. The van der Waals surface area contributed by atoms with Gasteiger partial charge in [0.1, 0.15) is 0 Å². The van der Waals surface area contributed by atoms with E-state index in [1.807, 2.05) is 37.4 Å². The highest BCUT2D eigenvalue weighted by molar-refractivity contribution is 7.88. The van der Waals surface area contributed by atoms with Crippen LogP contribution in [0, 0.1) is 0 Å². The molecule has 0 saturated carbocycles. The van der Waals surface area contributed by atoms with Crippen molar-refractivity contribution in [2.24, 2.45) is 0 Å². The molecule has 0 bridgehead atoms. The molecule has 18 heavy (non-hydrogen) atoms. The number of nitrogens with one attached hydrogen (secondary N) is 1. The van der Waals surface area contributed by atoms with Crippen LogP contribution in [0.25, 0.3) is 0 Å². The molecular weight excluding hydrogens is 248 g/mol. The van der Waals surface area contributed by atoms with Gasteiger partial charge < -0.3 is 5.32 Å².